The van der Waals surface area contributed by atoms with E-state index in [0.717, 1.165) is 16.5 Å². The molecule has 2 aromatic heterocycles. The molecule has 0 bridgehead atoms. The minimum atomic E-state index is -4.67. The Balaban J connectivity index is 0.000000556. The van der Waals surface area contributed by atoms with Crippen LogP contribution in [0.5, 0.6) is 5.75 Å². The van der Waals surface area contributed by atoms with Gasteiger partial charge in [-0.15, -0.1) is 0 Å². The first kappa shape index (κ1) is 25.7. The molecule has 0 saturated heterocycles. The molecule has 1 aromatic carbocycles. The number of benzene rings is 1. The molecule has 0 spiro atoms. The van der Waals surface area contributed by atoms with Crippen molar-refractivity contribution < 1.29 is 37.3 Å². The predicted molar refractivity (Wildman–Crippen MR) is 128 cm³/mol. The van der Waals surface area contributed by atoms with Crippen LogP contribution in [0.15, 0.2) is 29.1 Å². The van der Waals surface area contributed by atoms with Crippen molar-refractivity contribution in [3.8, 4) is 17.1 Å². The van der Waals surface area contributed by atoms with Gasteiger partial charge < -0.3 is 24.4 Å². The molecule has 13 heteroatoms. The van der Waals surface area contributed by atoms with Gasteiger partial charge in [-0.1, -0.05) is 6.92 Å². The summed E-state index contributed by atoms with van der Waals surface area (Å²) in [5.74, 6) is -0.532. The number of pyridine rings is 2. The number of aromatic hydroxyl groups is 1. The van der Waals surface area contributed by atoms with E-state index in [-0.39, 0.29) is 24.3 Å². The molecule has 1 atom stereocenters. The molecule has 2 aliphatic heterocycles. The minimum absolute atomic E-state index is 0.104. The second-order valence-corrected chi connectivity index (χ2v) is 9.81. The molecule has 5 rings (SSSR count). The van der Waals surface area contributed by atoms with Crippen molar-refractivity contribution in [2.75, 3.05) is 14.1 Å². The number of carbonyl (C=O) groups is 1. The zero-order valence-electron chi connectivity index (χ0n) is 19.7. The fourth-order valence-electron chi connectivity index (χ4n) is 4.58. The average molecular weight is 520 g/mol. The maximum Gasteiger partial charge on any atom is 0.394 e. The summed E-state index contributed by atoms with van der Waals surface area (Å²) < 4.78 is 38.3. The van der Waals surface area contributed by atoms with Crippen LogP contribution in [0.4, 0.5) is 0 Å². The summed E-state index contributed by atoms with van der Waals surface area (Å²) in [6, 6.07) is 7.05. The number of cyclic esters (lactones) is 1. The van der Waals surface area contributed by atoms with Crippen LogP contribution in [-0.2, 0) is 45.2 Å². The van der Waals surface area contributed by atoms with Crippen LogP contribution in [0.25, 0.3) is 22.3 Å². The molecule has 36 heavy (non-hydrogen) atoms. The summed E-state index contributed by atoms with van der Waals surface area (Å²) in [7, 11) is -0.811. The number of nitrogens with zero attached hydrogens (tertiary/aromatic N) is 3. The van der Waals surface area contributed by atoms with Gasteiger partial charge in [0.2, 0.25) is 0 Å². The van der Waals surface area contributed by atoms with Gasteiger partial charge in [-0.3, -0.25) is 13.9 Å². The minimum Gasteiger partial charge on any atom is -0.508 e. The number of aliphatic hydroxyl groups is 1. The Morgan fingerprint density at radius 1 is 1.19 bits per heavy atom. The maximum atomic E-state index is 13.2. The average Bonchev–Trinajstić information content (AvgIpc) is 3.14. The molecule has 4 heterocycles. The van der Waals surface area contributed by atoms with E-state index in [2.05, 4.69) is 0 Å². The Morgan fingerprint density at radius 2 is 1.86 bits per heavy atom. The highest BCUT2D eigenvalue weighted by molar-refractivity contribution is 7.79. The number of ether oxygens (including phenoxy) is 1. The first-order chi connectivity index (χ1) is 16.7. The SMILES string of the molecule is CC[C@@]1(O)C(=O)OCc2c1cc1n(c2=O)Cc2cc3c(CN(C)C)c(O)ccc3nc2-1.O=S(=O)(O)O. The van der Waals surface area contributed by atoms with Crippen molar-refractivity contribution in [2.45, 2.75) is 38.6 Å². The summed E-state index contributed by atoms with van der Waals surface area (Å²) in [5, 5.41) is 22.2. The van der Waals surface area contributed by atoms with Crippen molar-refractivity contribution in [1.29, 1.82) is 0 Å². The Kier molecular flexibility index (Phi) is 6.39. The molecule has 4 N–H and O–H groups in total. The summed E-state index contributed by atoms with van der Waals surface area (Å²) >= 11 is 0. The van der Waals surface area contributed by atoms with Gasteiger partial charge in [0.25, 0.3) is 5.56 Å². The summed E-state index contributed by atoms with van der Waals surface area (Å²) in [4.78, 5) is 32.3. The molecule has 192 valence electrons. The summed E-state index contributed by atoms with van der Waals surface area (Å²) in [5.41, 5.74) is 2.03. The number of hydrogen-bond acceptors (Lipinski definition) is 9. The van der Waals surface area contributed by atoms with Gasteiger partial charge in [-0.25, -0.2) is 9.78 Å². The molecule has 0 aliphatic carbocycles. The largest absolute Gasteiger partial charge is 0.508 e. The predicted octanol–water partition coefficient (Wildman–Crippen LogP) is 1.19. The number of fused-ring (bicyclic) bond motifs is 5. The fraction of sp³-hybridized carbons (Fsp3) is 0.348. The second kappa shape index (κ2) is 8.94. The Morgan fingerprint density at radius 3 is 2.47 bits per heavy atom. The van der Waals surface area contributed by atoms with Crippen LogP contribution >= 0.6 is 0 Å². The molecular formula is C23H25N3O9S. The lowest BCUT2D eigenvalue weighted by molar-refractivity contribution is -0.172. The second-order valence-electron chi connectivity index (χ2n) is 8.91. The topological polar surface area (TPSA) is 179 Å². The highest BCUT2D eigenvalue weighted by atomic mass is 32.3. The summed E-state index contributed by atoms with van der Waals surface area (Å²) in [6.45, 7) is 2.41. The summed E-state index contributed by atoms with van der Waals surface area (Å²) in [6.07, 6.45) is 0.104. The van der Waals surface area contributed by atoms with Gasteiger partial charge in [0.1, 0.15) is 12.4 Å². The van der Waals surface area contributed by atoms with Crippen molar-refractivity contribution in [3.63, 3.8) is 0 Å². The third-order valence-electron chi connectivity index (χ3n) is 6.25. The van der Waals surface area contributed by atoms with E-state index in [1.165, 1.54) is 0 Å². The zero-order chi connectivity index (χ0) is 26.6. The molecule has 12 nitrogen and oxygen atoms in total. The number of aromatic nitrogens is 2. The van der Waals surface area contributed by atoms with Crippen LogP contribution in [0.1, 0.15) is 35.6 Å². The Bertz CT molecular complexity index is 1560. The Labute approximate surface area is 206 Å². The van der Waals surface area contributed by atoms with Gasteiger partial charge in [-0.05, 0) is 44.8 Å². The van der Waals surface area contributed by atoms with E-state index in [1.54, 1.807) is 29.7 Å². The lowest BCUT2D eigenvalue weighted by Crippen LogP contribution is -2.44. The first-order valence-corrected chi connectivity index (χ1v) is 12.3. The standard InChI is InChI=1S/C23H23N3O5.H2O4S/c1-4-23(30)16-8-18-20-12(9-26(18)21(28)15(16)11-31-22(23)29)7-13-14(10-25(2)3)19(27)6-5-17(13)24-20;1-5(2,3)4/h5-8,27,30H,4,9-11H2,1-3H3;(H2,1,2,3,4)/t23-;/m0./s1. The molecule has 0 fully saturated rings. The highest BCUT2D eigenvalue weighted by Crippen LogP contribution is 2.39. The van der Waals surface area contributed by atoms with Crippen LogP contribution in [0, 0.1) is 0 Å². The number of phenols is 1. The maximum absolute atomic E-state index is 13.2. The van der Waals surface area contributed by atoms with Gasteiger partial charge in [0.15, 0.2) is 5.60 Å². The van der Waals surface area contributed by atoms with Crippen LogP contribution in [-0.4, -0.2) is 62.3 Å². The third-order valence-corrected chi connectivity index (χ3v) is 6.25. The molecule has 2 aliphatic rings. The van der Waals surface area contributed by atoms with E-state index in [4.69, 9.17) is 27.2 Å². The van der Waals surface area contributed by atoms with Crippen molar-refractivity contribution in [3.05, 3.63) is 56.9 Å². The quantitative estimate of drug-likeness (QED) is 0.226. The van der Waals surface area contributed by atoms with Crippen LogP contribution < -0.4 is 5.56 Å². The number of hydrogen-bond donors (Lipinski definition) is 4. The van der Waals surface area contributed by atoms with Gasteiger partial charge >= 0.3 is 16.4 Å². The van der Waals surface area contributed by atoms with Crippen molar-refractivity contribution >= 4 is 27.3 Å². The molecule has 0 unspecified atom stereocenters. The normalized spacial score (nSPS) is 18.2. The number of esters is 1. The fourth-order valence-corrected chi connectivity index (χ4v) is 4.58. The van der Waals surface area contributed by atoms with Gasteiger partial charge in [0.05, 0.1) is 29.0 Å². The number of carbonyl (C=O) groups excluding carboxylic acids is 1. The molecule has 3 aromatic rings. The molecule has 0 amide bonds. The number of rotatable bonds is 3. The lowest BCUT2D eigenvalue weighted by Gasteiger charge is -2.31. The highest BCUT2D eigenvalue weighted by Gasteiger charge is 2.45. The number of phenolic OH excluding ortho intramolecular Hbond substituents is 1. The van der Waals surface area contributed by atoms with Gasteiger partial charge in [0, 0.05) is 28.6 Å². The van der Waals surface area contributed by atoms with E-state index >= 15 is 0 Å². The third kappa shape index (κ3) is 4.47. The van der Waals surface area contributed by atoms with Crippen LogP contribution in [0.2, 0.25) is 0 Å². The monoisotopic (exact) mass is 519 g/mol. The lowest BCUT2D eigenvalue weighted by atomic mass is 9.86. The smallest absolute Gasteiger partial charge is 0.394 e. The van der Waals surface area contributed by atoms with E-state index < -0.39 is 22.0 Å². The van der Waals surface area contributed by atoms with E-state index in [1.807, 2.05) is 25.1 Å². The molecule has 0 radical (unpaired) electrons. The van der Waals surface area contributed by atoms with Gasteiger partial charge in [-0.2, -0.15) is 8.42 Å². The van der Waals surface area contributed by atoms with E-state index in [9.17, 15) is 19.8 Å². The Hall–Kier alpha value is -3.36. The zero-order valence-corrected chi connectivity index (χ0v) is 20.5. The van der Waals surface area contributed by atoms with Crippen molar-refractivity contribution in [2.24, 2.45) is 0 Å². The van der Waals surface area contributed by atoms with E-state index in [0.29, 0.717) is 41.1 Å². The molecule has 0 saturated carbocycles. The van der Waals surface area contributed by atoms with Crippen LogP contribution in [0.3, 0.4) is 0 Å². The first-order valence-electron chi connectivity index (χ1n) is 10.9. The molecular weight excluding hydrogens is 494 g/mol. The van der Waals surface area contributed by atoms with Crippen molar-refractivity contribution in [1.82, 2.24) is 14.5 Å².